The summed E-state index contributed by atoms with van der Waals surface area (Å²) in [6.45, 7) is 3.10. The number of likely N-dealkylation sites (tertiary alicyclic amines) is 1. The Labute approximate surface area is 96.0 Å². The van der Waals surface area contributed by atoms with Crippen molar-refractivity contribution in [2.24, 2.45) is 0 Å². The Bertz CT molecular complexity index is 363. The lowest BCUT2D eigenvalue weighted by Gasteiger charge is -2.43. The first kappa shape index (κ1) is 11.1. The summed E-state index contributed by atoms with van der Waals surface area (Å²) in [6.07, 6.45) is 0.907. The Hall–Kier alpha value is -1.35. The van der Waals surface area contributed by atoms with E-state index in [1.165, 1.54) is 12.7 Å². The van der Waals surface area contributed by atoms with E-state index in [1.807, 2.05) is 18.2 Å². The number of benzene rings is 1. The number of carbonyl (C=O) groups is 1. The SMILES string of the molecule is COC(=O)[C@@H]1CCN1[C@@H](C)c1ccccc1. The molecule has 0 saturated carbocycles. The van der Waals surface area contributed by atoms with Gasteiger partial charge < -0.3 is 4.74 Å². The van der Waals surface area contributed by atoms with Crippen LogP contribution < -0.4 is 0 Å². The number of hydrogen-bond acceptors (Lipinski definition) is 3. The summed E-state index contributed by atoms with van der Waals surface area (Å²) in [5.74, 6) is -0.117. The summed E-state index contributed by atoms with van der Waals surface area (Å²) in [7, 11) is 1.45. The fraction of sp³-hybridized carbons (Fsp3) is 0.462. The maximum atomic E-state index is 11.5. The molecule has 0 unspecified atom stereocenters. The van der Waals surface area contributed by atoms with E-state index >= 15 is 0 Å². The molecular formula is C13H17NO2. The van der Waals surface area contributed by atoms with E-state index in [2.05, 4.69) is 24.0 Å². The molecule has 1 aliphatic rings. The molecule has 0 spiro atoms. The fourth-order valence-electron chi connectivity index (χ4n) is 2.18. The van der Waals surface area contributed by atoms with Gasteiger partial charge in [-0.2, -0.15) is 0 Å². The standard InChI is InChI=1S/C13H17NO2/c1-10(11-6-4-3-5-7-11)14-9-8-12(14)13(15)16-2/h3-7,10,12H,8-9H2,1-2H3/t10-,12-/m0/s1. The lowest BCUT2D eigenvalue weighted by Crippen LogP contribution is -2.53. The van der Waals surface area contributed by atoms with Crippen molar-refractivity contribution in [3.05, 3.63) is 35.9 Å². The lowest BCUT2D eigenvalue weighted by atomic mass is 9.96. The topological polar surface area (TPSA) is 29.5 Å². The quantitative estimate of drug-likeness (QED) is 0.728. The summed E-state index contributed by atoms with van der Waals surface area (Å²) >= 11 is 0. The summed E-state index contributed by atoms with van der Waals surface area (Å²) in [4.78, 5) is 13.7. The van der Waals surface area contributed by atoms with Gasteiger partial charge in [-0.1, -0.05) is 30.3 Å². The minimum absolute atomic E-state index is 0.0554. The number of carbonyl (C=O) groups excluding carboxylic acids is 1. The van der Waals surface area contributed by atoms with Crippen molar-refractivity contribution in [2.75, 3.05) is 13.7 Å². The van der Waals surface area contributed by atoms with Gasteiger partial charge in [0, 0.05) is 12.6 Å². The molecule has 3 nitrogen and oxygen atoms in total. The van der Waals surface area contributed by atoms with Crippen LogP contribution in [0.2, 0.25) is 0 Å². The summed E-state index contributed by atoms with van der Waals surface area (Å²) in [5, 5.41) is 0. The molecule has 16 heavy (non-hydrogen) atoms. The molecule has 2 atom stereocenters. The van der Waals surface area contributed by atoms with Crippen LogP contribution in [0.3, 0.4) is 0 Å². The van der Waals surface area contributed by atoms with Crippen molar-refractivity contribution in [3.63, 3.8) is 0 Å². The minimum Gasteiger partial charge on any atom is -0.468 e. The molecule has 1 aromatic carbocycles. The molecule has 1 heterocycles. The van der Waals surface area contributed by atoms with Crippen LogP contribution in [-0.2, 0) is 9.53 Å². The molecule has 0 aliphatic carbocycles. The lowest BCUT2D eigenvalue weighted by molar-refractivity contribution is -0.153. The van der Waals surface area contributed by atoms with Crippen LogP contribution in [-0.4, -0.2) is 30.6 Å². The summed E-state index contributed by atoms with van der Waals surface area (Å²) in [5.41, 5.74) is 1.25. The van der Waals surface area contributed by atoms with Crippen LogP contribution in [0, 0.1) is 0 Å². The summed E-state index contributed by atoms with van der Waals surface area (Å²) in [6, 6.07) is 10.5. The van der Waals surface area contributed by atoms with Crippen LogP contribution in [0.5, 0.6) is 0 Å². The number of esters is 1. The normalized spacial score (nSPS) is 22.2. The predicted molar refractivity (Wildman–Crippen MR) is 62.0 cm³/mol. The number of methoxy groups -OCH3 is 1. The number of rotatable bonds is 3. The Morgan fingerprint density at radius 1 is 1.44 bits per heavy atom. The first-order valence-electron chi connectivity index (χ1n) is 5.62. The van der Waals surface area contributed by atoms with Gasteiger partial charge in [-0.25, -0.2) is 0 Å². The van der Waals surface area contributed by atoms with Gasteiger partial charge in [0.25, 0.3) is 0 Å². The number of hydrogen-bond donors (Lipinski definition) is 0. The second-order valence-corrected chi connectivity index (χ2v) is 4.15. The van der Waals surface area contributed by atoms with Crippen molar-refractivity contribution >= 4 is 5.97 Å². The van der Waals surface area contributed by atoms with Crippen LogP contribution in [0.1, 0.15) is 24.9 Å². The molecule has 1 aliphatic heterocycles. The Morgan fingerprint density at radius 2 is 2.12 bits per heavy atom. The zero-order valence-corrected chi connectivity index (χ0v) is 9.72. The van der Waals surface area contributed by atoms with Gasteiger partial charge in [0.15, 0.2) is 0 Å². The van der Waals surface area contributed by atoms with Crippen molar-refractivity contribution in [2.45, 2.75) is 25.4 Å². The van der Waals surface area contributed by atoms with Crippen molar-refractivity contribution in [1.29, 1.82) is 0 Å². The van der Waals surface area contributed by atoms with Gasteiger partial charge in [-0.3, -0.25) is 9.69 Å². The zero-order chi connectivity index (χ0) is 11.5. The minimum atomic E-state index is -0.117. The van der Waals surface area contributed by atoms with Crippen LogP contribution in [0.15, 0.2) is 30.3 Å². The molecular weight excluding hydrogens is 202 g/mol. The molecule has 1 fully saturated rings. The molecule has 2 rings (SSSR count). The van der Waals surface area contributed by atoms with Gasteiger partial charge in [-0.05, 0) is 18.9 Å². The van der Waals surface area contributed by atoms with E-state index in [1.54, 1.807) is 0 Å². The highest BCUT2D eigenvalue weighted by Crippen LogP contribution is 2.30. The Morgan fingerprint density at radius 3 is 2.62 bits per heavy atom. The molecule has 0 N–H and O–H groups in total. The number of nitrogens with zero attached hydrogens (tertiary/aromatic N) is 1. The van der Waals surface area contributed by atoms with Crippen LogP contribution in [0.4, 0.5) is 0 Å². The molecule has 1 aromatic rings. The van der Waals surface area contributed by atoms with Crippen molar-refractivity contribution in [3.8, 4) is 0 Å². The molecule has 0 aromatic heterocycles. The van der Waals surface area contributed by atoms with E-state index in [-0.39, 0.29) is 18.1 Å². The van der Waals surface area contributed by atoms with Crippen molar-refractivity contribution < 1.29 is 9.53 Å². The molecule has 0 radical (unpaired) electrons. The summed E-state index contributed by atoms with van der Waals surface area (Å²) < 4.78 is 4.79. The van der Waals surface area contributed by atoms with Gasteiger partial charge >= 0.3 is 5.97 Å². The second kappa shape index (κ2) is 4.66. The van der Waals surface area contributed by atoms with Gasteiger partial charge in [0.05, 0.1) is 7.11 Å². The van der Waals surface area contributed by atoms with E-state index in [9.17, 15) is 4.79 Å². The maximum Gasteiger partial charge on any atom is 0.323 e. The molecule has 86 valence electrons. The first-order chi connectivity index (χ1) is 7.74. The van der Waals surface area contributed by atoms with Gasteiger partial charge in [0.2, 0.25) is 0 Å². The number of ether oxygens (including phenoxy) is 1. The third kappa shape index (κ3) is 1.95. The Balaban J connectivity index is 2.06. The van der Waals surface area contributed by atoms with E-state index in [0.29, 0.717) is 0 Å². The van der Waals surface area contributed by atoms with Gasteiger partial charge in [-0.15, -0.1) is 0 Å². The molecule has 0 bridgehead atoms. The first-order valence-corrected chi connectivity index (χ1v) is 5.62. The Kier molecular flexibility index (Phi) is 3.25. The van der Waals surface area contributed by atoms with E-state index in [4.69, 9.17) is 4.74 Å². The van der Waals surface area contributed by atoms with Crippen LogP contribution in [0.25, 0.3) is 0 Å². The molecule has 0 amide bonds. The largest absolute Gasteiger partial charge is 0.468 e. The predicted octanol–water partition coefficient (Wildman–Crippen LogP) is 1.99. The van der Waals surface area contributed by atoms with Crippen LogP contribution >= 0.6 is 0 Å². The zero-order valence-electron chi connectivity index (χ0n) is 9.72. The molecule has 1 saturated heterocycles. The average Bonchev–Trinajstić information content (AvgIpc) is 2.28. The second-order valence-electron chi connectivity index (χ2n) is 4.15. The van der Waals surface area contributed by atoms with E-state index in [0.717, 1.165) is 13.0 Å². The van der Waals surface area contributed by atoms with E-state index < -0.39 is 0 Å². The van der Waals surface area contributed by atoms with Gasteiger partial charge in [0.1, 0.15) is 6.04 Å². The highest BCUT2D eigenvalue weighted by Gasteiger charge is 2.38. The third-order valence-electron chi connectivity index (χ3n) is 3.31. The smallest absolute Gasteiger partial charge is 0.323 e. The monoisotopic (exact) mass is 219 g/mol. The fourth-order valence-corrected chi connectivity index (χ4v) is 2.18. The molecule has 3 heteroatoms. The third-order valence-corrected chi connectivity index (χ3v) is 3.31. The van der Waals surface area contributed by atoms with Crippen molar-refractivity contribution in [1.82, 2.24) is 4.90 Å². The highest BCUT2D eigenvalue weighted by molar-refractivity contribution is 5.76. The average molecular weight is 219 g/mol. The highest BCUT2D eigenvalue weighted by atomic mass is 16.5. The maximum absolute atomic E-state index is 11.5.